The quantitative estimate of drug-likeness (QED) is 0.853. The second-order valence-electron chi connectivity index (χ2n) is 4.01. The Bertz CT molecular complexity index is 572. The molecule has 0 aliphatic carbocycles. The Kier molecular flexibility index (Phi) is 4.52. The Morgan fingerprint density at radius 3 is 2.58 bits per heavy atom. The number of hydrogen-bond donors (Lipinski definition) is 1. The van der Waals surface area contributed by atoms with Crippen molar-refractivity contribution in [3.05, 3.63) is 59.7 Å². The van der Waals surface area contributed by atoms with Gasteiger partial charge in [0.2, 0.25) is 0 Å². The summed E-state index contributed by atoms with van der Waals surface area (Å²) in [6.45, 7) is 0. The topological polar surface area (TPSA) is 50.2 Å². The molecule has 0 saturated carbocycles. The molecule has 0 spiro atoms. The van der Waals surface area contributed by atoms with Gasteiger partial charge in [0.05, 0.1) is 12.6 Å². The Labute approximate surface area is 114 Å². The van der Waals surface area contributed by atoms with Crippen LogP contribution in [0.1, 0.15) is 11.1 Å². The summed E-state index contributed by atoms with van der Waals surface area (Å²) in [7, 11) is 0. The van der Waals surface area contributed by atoms with Crippen molar-refractivity contribution in [2.24, 2.45) is 0 Å². The number of aromatic nitrogens is 1. The van der Waals surface area contributed by atoms with Gasteiger partial charge in [0, 0.05) is 16.8 Å². The molecule has 0 bridgehead atoms. The third kappa shape index (κ3) is 4.37. The van der Waals surface area contributed by atoms with E-state index in [-0.39, 0.29) is 12.2 Å². The van der Waals surface area contributed by atoms with Gasteiger partial charge in [0.15, 0.2) is 0 Å². The molecule has 1 heterocycles. The third-order valence-electron chi connectivity index (χ3n) is 2.45. The highest BCUT2D eigenvalue weighted by Crippen LogP contribution is 2.23. The van der Waals surface area contributed by atoms with E-state index in [1.165, 1.54) is 12.3 Å². The number of aliphatic carboxylic acids is 1. The predicted molar refractivity (Wildman–Crippen MR) is 71.5 cm³/mol. The van der Waals surface area contributed by atoms with Crippen LogP contribution in [0.2, 0.25) is 0 Å². The molecule has 1 N–H and O–H groups in total. The summed E-state index contributed by atoms with van der Waals surface area (Å²) in [5, 5.41) is 8.67. The zero-order valence-corrected chi connectivity index (χ0v) is 10.9. The fraction of sp³-hybridized carbons (Fsp3) is 0.143. The van der Waals surface area contributed by atoms with E-state index in [0.29, 0.717) is 5.75 Å². The molecular weight excluding hydrogens is 265 g/mol. The van der Waals surface area contributed by atoms with Crippen molar-refractivity contribution in [3.8, 4) is 0 Å². The van der Waals surface area contributed by atoms with Crippen molar-refractivity contribution in [1.82, 2.24) is 4.98 Å². The summed E-state index contributed by atoms with van der Waals surface area (Å²) in [6.07, 6.45) is 2.84. The van der Waals surface area contributed by atoms with E-state index >= 15 is 0 Å². The summed E-state index contributed by atoms with van der Waals surface area (Å²) in [5.41, 5.74) is 1.59. The van der Waals surface area contributed by atoms with Gasteiger partial charge in [-0.1, -0.05) is 12.1 Å². The summed E-state index contributed by atoms with van der Waals surface area (Å²) in [5.74, 6) is -0.551. The van der Waals surface area contributed by atoms with Crippen LogP contribution in [0.25, 0.3) is 0 Å². The van der Waals surface area contributed by atoms with Crippen LogP contribution in [-0.4, -0.2) is 16.1 Å². The lowest BCUT2D eigenvalue weighted by Crippen LogP contribution is -1.99. The molecule has 2 rings (SSSR count). The third-order valence-corrected chi connectivity index (χ3v) is 3.53. The molecule has 0 fully saturated rings. The number of thioether (sulfide) groups is 1. The van der Waals surface area contributed by atoms with E-state index in [0.717, 1.165) is 16.0 Å². The van der Waals surface area contributed by atoms with Gasteiger partial charge in [0.25, 0.3) is 0 Å². The molecule has 5 heteroatoms. The smallest absolute Gasteiger partial charge is 0.307 e. The number of carboxylic acids is 1. The number of rotatable bonds is 5. The average molecular weight is 277 g/mol. The van der Waals surface area contributed by atoms with Crippen molar-refractivity contribution in [2.75, 3.05) is 0 Å². The Hall–Kier alpha value is -1.88. The van der Waals surface area contributed by atoms with Crippen molar-refractivity contribution in [1.29, 1.82) is 0 Å². The van der Waals surface area contributed by atoms with Gasteiger partial charge >= 0.3 is 5.97 Å². The first-order chi connectivity index (χ1) is 9.13. The predicted octanol–water partition coefficient (Wildman–Crippen LogP) is 3.14. The van der Waals surface area contributed by atoms with Gasteiger partial charge in [-0.15, -0.1) is 11.8 Å². The zero-order valence-electron chi connectivity index (χ0n) is 10.0. The van der Waals surface area contributed by atoms with Crippen molar-refractivity contribution in [2.45, 2.75) is 17.1 Å². The van der Waals surface area contributed by atoms with Crippen molar-refractivity contribution < 1.29 is 14.3 Å². The van der Waals surface area contributed by atoms with E-state index in [1.807, 2.05) is 12.1 Å². The Morgan fingerprint density at radius 2 is 1.95 bits per heavy atom. The molecule has 98 valence electrons. The fourth-order valence-electron chi connectivity index (χ4n) is 1.58. The number of carbonyl (C=O) groups is 1. The van der Waals surface area contributed by atoms with E-state index < -0.39 is 5.97 Å². The second kappa shape index (κ2) is 6.33. The van der Waals surface area contributed by atoms with E-state index in [9.17, 15) is 9.18 Å². The largest absolute Gasteiger partial charge is 0.481 e. The molecule has 2 aromatic rings. The van der Waals surface area contributed by atoms with Crippen LogP contribution >= 0.6 is 11.8 Å². The lowest BCUT2D eigenvalue weighted by atomic mass is 10.2. The molecule has 19 heavy (non-hydrogen) atoms. The van der Waals surface area contributed by atoms with Crippen LogP contribution in [0, 0.1) is 5.82 Å². The first-order valence-corrected chi connectivity index (χ1v) is 6.65. The minimum atomic E-state index is -0.841. The minimum Gasteiger partial charge on any atom is -0.481 e. The molecule has 1 aromatic carbocycles. The highest BCUT2D eigenvalue weighted by Gasteiger charge is 2.02. The maximum Gasteiger partial charge on any atom is 0.307 e. The highest BCUT2D eigenvalue weighted by molar-refractivity contribution is 7.98. The summed E-state index contributed by atoms with van der Waals surface area (Å²) in [4.78, 5) is 15.4. The van der Waals surface area contributed by atoms with E-state index in [2.05, 4.69) is 4.98 Å². The maximum absolute atomic E-state index is 12.9. The molecule has 0 unspecified atom stereocenters. The first kappa shape index (κ1) is 13.5. The van der Waals surface area contributed by atoms with Gasteiger partial charge in [-0.2, -0.15) is 0 Å². The van der Waals surface area contributed by atoms with Crippen LogP contribution in [0.5, 0.6) is 0 Å². The lowest BCUT2D eigenvalue weighted by Gasteiger charge is -2.03. The number of carboxylic acid groups (broad SMARTS) is 1. The Balaban J connectivity index is 1.94. The van der Waals surface area contributed by atoms with Crippen LogP contribution in [0.3, 0.4) is 0 Å². The Morgan fingerprint density at radius 1 is 1.21 bits per heavy atom. The van der Waals surface area contributed by atoms with Gasteiger partial charge < -0.3 is 5.11 Å². The van der Waals surface area contributed by atoms with Gasteiger partial charge in [-0.05, 0) is 29.3 Å². The van der Waals surface area contributed by atoms with Gasteiger partial charge in [-0.25, -0.2) is 4.39 Å². The summed E-state index contributed by atoms with van der Waals surface area (Å²) < 4.78 is 12.9. The number of hydrogen-bond acceptors (Lipinski definition) is 3. The van der Waals surface area contributed by atoms with Crippen LogP contribution in [-0.2, 0) is 17.0 Å². The summed E-state index contributed by atoms with van der Waals surface area (Å²) >= 11 is 1.56. The molecule has 0 atom stereocenters. The first-order valence-electron chi connectivity index (χ1n) is 5.66. The van der Waals surface area contributed by atoms with Crippen LogP contribution in [0.4, 0.5) is 4.39 Å². The standard InChI is InChI=1S/C14H12FNO2S/c15-12-5-11(7-16-8-12)9-19-13-3-1-10(2-4-13)6-14(17)18/h1-5,7-8H,6,9H2,(H,17,18). The minimum absolute atomic E-state index is 0.0266. The number of halogens is 1. The maximum atomic E-state index is 12.9. The van der Waals surface area contributed by atoms with Gasteiger partial charge in [-0.3, -0.25) is 9.78 Å². The fourth-order valence-corrected chi connectivity index (χ4v) is 2.40. The molecule has 0 aliphatic rings. The monoisotopic (exact) mass is 277 g/mol. The van der Waals surface area contributed by atoms with Crippen LogP contribution in [0.15, 0.2) is 47.6 Å². The number of benzene rings is 1. The van der Waals surface area contributed by atoms with Crippen LogP contribution < -0.4 is 0 Å². The molecule has 1 aromatic heterocycles. The molecule has 3 nitrogen and oxygen atoms in total. The molecule has 0 amide bonds. The molecule has 0 saturated heterocycles. The van der Waals surface area contributed by atoms with E-state index in [4.69, 9.17) is 5.11 Å². The molecule has 0 aliphatic heterocycles. The zero-order chi connectivity index (χ0) is 13.7. The normalized spacial score (nSPS) is 10.4. The lowest BCUT2D eigenvalue weighted by molar-refractivity contribution is -0.136. The van der Waals surface area contributed by atoms with Crippen molar-refractivity contribution >= 4 is 17.7 Å². The average Bonchev–Trinajstić information content (AvgIpc) is 2.37. The molecule has 0 radical (unpaired) electrons. The van der Waals surface area contributed by atoms with Gasteiger partial charge in [0.1, 0.15) is 5.82 Å². The SMILES string of the molecule is O=C(O)Cc1ccc(SCc2cncc(F)c2)cc1. The number of pyridine rings is 1. The second-order valence-corrected chi connectivity index (χ2v) is 5.06. The molecular formula is C14H12FNO2S. The van der Waals surface area contributed by atoms with E-state index in [1.54, 1.807) is 30.1 Å². The number of nitrogens with zero attached hydrogens (tertiary/aromatic N) is 1. The summed E-state index contributed by atoms with van der Waals surface area (Å²) in [6, 6.07) is 8.78. The highest BCUT2D eigenvalue weighted by atomic mass is 32.2. The van der Waals surface area contributed by atoms with Crippen molar-refractivity contribution in [3.63, 3.8) is 0 Å².